The molecule has 1 fully saturated rings. The summed E-state index contributed by atoms with van der Waals surface area (Å²) in [7, 11) is 0. The fourth-order valence-corrected chi connectivity index (χ4v) is 3.18. The van der Waals surface area contributed by atoms with E-state index < -0.39 is 5.91 Å². The van der Waals surface area contributed by atoms with Crippen molar-refractivity contribution >= 4 is 46.2 Å². The summed E-state index contributed by atoms with van der Waals surface area (Å²) in [5.41, 5.74) is 3.89. The highest BCUT2D eigenvalue weighted by Gasteiger charge is 2.33. The van der Waals surface area contributed by atoms with Crippen LogP contribution in [0.15, 0.2) is 71.9 Å². The van der Waals surface area contributed by atoms with Crippen LogP contribution in [0.2, 0.25) is 0 Å². The number of carbonyl (C=O) groups is 2. The monoisotopic (exact) mass is 367 g/mol. The molecule has 0 radical (unpaired) electrons. The molecule has 1 aromatic carbocycles. The summed E-state index contributed by atoms with van der Waals surface area (Å²) >= 11 is 6.32. The van der Waals surface area contributed by atoms with Gasteiger partial charge >= 0.3 is 0 Å². The lowest BCUT2D eigenvalue weighted by atomic mass is 10.2. The molecule has 0 saturated carbocycles. The number of nitrogens with zero attached hydrogens (tertiary/aromatic N) is 2. The van der Waals surface area contributed by atoms with E-state index in [-0.39, 0.29) is 10.2 Å². The lowest BCUT2D eigenvalue weighted by Crippen LogP contribution is -2.44. The Kier molecular flexibility index (Phi) is 5.37. The van der Waals surface area contributed by atoms with Crippen LogP contribution >= 0.6 is 24.0 Å². The van der Waals surface area contributed by atoms with Crippen LogP contribution in [0.25, 0.3) is 6.08 Å². The summed E-state index contributed by atoms with van der Waals surface area (Å²) in [5, 5.41) is 1.08. The molecule has 1 saturated heterocycles. The minimum Gasteiger partial charge on any atom is -0.267 e. The van der Waals surface area contributed by atoms with Gasteiger partial charge in [0.05, 0.1) is 10.5 Å². The van der Waals surface area contributed by atoms with Crippen molar-refractivity contribution in [3.05, 3.63) is 83.0 Å². The Morgan fingerprint density at radius 1 is 1.20 bits per heavy atom. The minimum atomic E-state index is -0.439. The van der Waals surface area contributed by atoms with Gasteiger partial charge in [0.1, 0.15) is 0 Å². The van der Waals surface area contributed by atoms with Crippen LogP contribution in [0.1, 0.15) is 15.9 Å². The average molecular weight is 367 g/mol. The van der Waals surface area contributed by atoms with Crippen LogP contribution in [-0.2, 0) is 4.79 Å². The number of aromatic nitrogens is 1. The van der Waals surface area contributed by atoms with Gasteiger partial charge in [0.15, 0.2) is 4.32 Å². The molecule has 1 N–H and O–H groups in total. The van der Waals surface area contributed by atoms with Crippen LogP contribution in [0.5, 0.6) is 0 Å². The number of thiocarbonyl (C=S) groups is 1. The molecule has 124 valence electrons. The topological polar surface area (TPSA) is 62.3 Å². The number of hydrogen-bond acceptors (Lipinski definition) is 5. The lowest BCUT2D eigenvalue weighted by Gasteiger charge is -2.15. The van der Waals surface area contributed by atoms with Crippen molar-refractivity contribution in [1.82, 2.24) is 15.4 Å². The summed E-state index contributed by atoms with van der Waals surface area (Å²) in [4.78, 5) is 28.9. The van der Waals surface area contributed by atoms with Gasteiger partial charge in [-0.05, 0) is 36.0 Å². The van der Waals surface area contributed by atoms with Crippen LogP contribution < -0.4 is 5.43 Å². The highest BCUT2D eigenvalue weighted by atomic mass is 32.2. The standard InChI is InChI=1S/C18H13N3O2S2/c22-16(14-9-5-11-19-12-14)20-21-17(23)15(25-18(21)24)10-4-8-13-6-2-1-3-7-13/h1-12H,(H,20,22)/b8-4+,15-10+. The van der Waals surface area contributed by atoms with Gasteiger partial charge in [0, 0.05) is 12.4 Å². The van der Waals surface area contributed by atoms with E-state index in [1.54, 1.807) is 30.5 Å². The Balaban J connectivity index is 1.69. The Labute approximate surface area is 154 Å². The Bertz CT molecular complexity index is 864. The van der Waals surface area contributed by atoms with Crippen molar-refractivity contribution in [2.45, 2.75) is 0 Å². The molecule has 5 nitrogen and oxygen atoms in total. The maximum absolute atomic E-state index is 12.4. The van der Waals surface area contributed by atoms with E-state index in [0.29, 0.717) is 10.5 Å². The normalized spacial score (nSPS) is 16.0. The van der Waals surface area contributed by atoms with Crippen molar-refractivity contribution < 1.29 is 9.59 Å². The van der Waals surface area contributed by atoms with Crippen molar-refractivity contribution in [3.8, 4) is 0 Å². The third-order valence-electron chi connectivity index (χ3n) is 3.27. The molecule has 0 bridgehead atoms. The van der Waals surface area contributed by atoms with E-state index in [2.05, 4.69) is 10.4 Å². The number of amides is 2. The van der Waals surface area contributed by atoms with Gasteiger partial charge in [0.25, 0.3) is 11.8 Å². The number of pyridine rings is 1. The molecule has 7 heteroatoms. The van der Waals surface area contributed by atoms with Crippen LogP contribution in [0.3, 0.4) is 0 Å². The third-order valence-corrected chi connectivity index (χ3v) is 4.59. The van der Waals surface area contributed by atoms with Gasteiger partial charge in [-0.1, -0.05) is 54.2 Å². The third kappa shape index (κ3) is 4.20. The predicted octanol–water partition coefficient (Wildman–Crippen LogP) is 3.18. The van der Waals surface area contributed by atoms with Gasteiger partial charge in [-0.3, -0.25) is 20.0 Å². The highest BCUT2D eigenvalue weighted by Crippen LogP contribution is 2.29. The van der Waals surface area contributed by atoms with E-state index in [1.807, 2.05) is 36.4 Å². The van der Waals surface area contributed by atoms with E-state index in [4.69, 9.17) is 12.2 Å². The zero-order valence-corrected chi connectivity index (χ0v) is 14.6. The number of hydrogen-bond donors (Lipinski definition) is 1. The largest absolute Gasteiger partial charge is 0.285 e. The number of hydrazine groups is 1. The zero-order chi connectivity index (χ0) is 17.6. The summed E-state index contributed by atoms with van der Waals surface area (Å²) in [6.07, 6.45) is 8.34. The molecule has 2 aromatic rings. The second-order valence-corrected chi connectivity index (χ2v) is 6.67. The second-order valence-electron chi connectivity index (χ2n) is 4.99. The first-order valence-corrected chi connectivity index (χ1v) is 8.58. The molecule has 1 aliphatic heterocycles. The maximum atomic E-state index is 12.4. The first kappa shape index (κ1) is 17.1. The molecule has 0 atom stereocenters. The number of benzene rings is 1. The zero-order valence-electron chi connectivity index (χ0n) is 13.0. The molecule has 3 rings (SSSR count). The summed E-state index contributed by atoms with van der Waals surface area (Å²) in [6, 6.07) is 13.0. The molecule has 1 aliphatic rings. The SMILES string of the molecule is O=C(NN1C(=O)/C(=C\C=C\c2ccccc2)SC1=S)c1cccnc1. The predicted molar refractivity (Wildman–Crippen MR) is 102 cm³/mol. The average Bonchev–Trinajstić information content (AvgIpc) is 2.91. The summed E-state index contributed by atoms with van der Waals surface area (Å²) in [5.74, 6) is -0.796. The highest BCUT2D eigenvalue weighted by molar-refractivity contribution is 8.26. The molecular weight excluding hydrogens is 354 g/mol. The van der Waals surface area contributed by atoms with Gasteiger partial charge in [-0.15, -0.1) is 0 Å². The Hall–Kier alpha value is -2.77. The quantitative estimate of drug-likeness (QED) is 0.664. The molecule has 0 spiro atoms. The van der Waals surface area contributed by atoms with Gasteiger partial charge in [0.2, 0.25) is 0 Å². The molecule has 2 heterocycles. The van der Waals surface area contributed by atoms with Gasteiger partial charge in [-0.25, -0.2) is 0 Å². The Morgan fingerprint density at radius 2 is 2.00 bits per heavy atom. The first-order chi connectivity index (χ1) is 12.1. The molecule has 0 aliphatic carbocycles. The Morgan fingerprint density at radius 3 is 2.72 bits per heavy atom. The smallest absolute Gasteiger partial charge is 0.267 e. The molecular formula is C18H13N3O2S2. The van der Waals surface area contributed by atoms with Crippen LogP contribution in [0, 0.1) is 0 Å². The summed E-state index contributed by atoms with van der Waals surface area (Å²) in [6.45, 7) is 0. The number of allylic oxidation sites excluding steroid dienone is 2. The number of nitrogens with one attached hydrogen (secondary N) is 1. The molecule has 0 unspecified atom stereocenters. The first-order valence-electron chi connectivity index (χ1n) is 7.36. The second kappa shape index (κ2) is 7.87. The van der Waals surface area contributed by atoms with Crippen molar-refractivity contribution in [1.29, 1.82) is 0 Å². The van der Waals surface area contributed by atoms with E-state index in [0.717, 1.165) is 22.3 Å². The van der Waals surface area contributed by atoms with Crippen LogP contribution in [-0.4, -0.2) is 26.1 Å². The van der Waals surface area contributed by atoms with E-state index >= 15 is 0 Å². The molecule has 2 amide bonds. The summed E-state index contributed by atoms with van der Waals surface area (Å²) < 4.78 is 0.279. The lowest BCUT2D eigenvalue weighted by molar-refractivity contribution is -0.123. The number of rotatable bonds is 4. The fraction of sp³-hybridized carbons (Fsp3) is 0. The fourth-order valence-electron chi connectivity index (χ4n) is 2.05. The molecule has 25 heavy (non-hydrogen) atoms. The molecule has 1 aromatic heterocycles. The number of thioether (sulfide) groups is 1. The van der Waals surface area contributed by atoms with Crippen molar-refractivity contribution in [3.63, 3.8) is 0 Å². The minimum absolute atomic E-state index is 0.279. The van der Waals surface area contributed by atoms with Crippen LogP contribution in [0.4, 0.5) is 0 Å². The maximum Gasteiger partial charge on any atom is 0.285 e. The van der Waals surface area contributed by atoms with E-state index in [1.165, 1.54) is 6.20 Å². The van der Waals surface area contributed by atoms with Crippen molar-refractivity contribution in [2.75, 3.05) is 0 Å². The van der Waals surface area contributed by atoms with Crippen molar-refractivity contribution in [2.24, 2.45) is 0 Å². The number of carbonyl (C=O) groups excluding carboxylic acids is 2. The van der Waals surface area contributed by atoms with E-state index in [9.17, 15) is 9.59 Å². The van der Waals surface area contributed by atoms with Gasteiger partial charge in [-0.2, -0.15) is 5.01 Å². The van der Waals surface area contributed by atoms with Gasteiger partial charge < -0.3 is 0 Å².